The lowest BCUT2D eigenvalue weighted by Crippen LogP contribution is -2.47. The van der Waals surface area contributed by atoms with E-state index >= 15 is 0 Å². The molecule has 3 heterocycles. The van der Waals surface area contributed by atoms with E-state index in [0.717, 1.165) is 35.5 Å². The van der Waals surface area contributed by atoms with Crippen LogP contribution in [-0.2, 0) is 21.4 Å². The summed E-state index contributed by atoms with van der Waals surface area (Å²) in [4.78, 5) is 26.2. The maximum atomic E-state index is 14.8. The lowest BCUT2D eigenvalue weighted by Gasteiger charge is -2.37. The minimum Gasteiger partial charge on any atom is -0.362 e. The maximum Gasteiger partial charge on any atom is 0.235 e. The molecule has 5 rings (SSSR count). The van der Waals surface area contributed by atoms with Crippen molar-refractivity contribution in [3.05, 3.63) is 29.5 Å². The van der Waals surface area contributed by atoms with Crippen LogP contribution in [0.25, 0.3) is 10.9 Å². The van der Waals surface area contributed by atoms with Crippen LogP contribution in [0.3, 0.4) is 0 Å². The van der Waals surface area contributed by atoms with Crippen LogP contribution in [0.4, 0.5) is 4.39 Å². The molecule has 36 heavy (non-hydrogen) atoms. The molecule has 1 N–H and O–H groups in total. The number of rotatable bonds is 5. The molecule has 192 valence electrons. The fourth-order valence-corrected chi connectivity index (χ4v) is 5.99. The molecule has 2 saturated heterocycles. The second-order valence-corrected chi connectivity index (χ2v) is 10.4. The molecule has 1 unspecified atom stereocenters. The van der Waals surface area contributed by atoms with Crippen molar-refractivity contribution in [2.24, 2.45) is 13.0 Å². The fraction of sp³-hybridized carbons (Fsp3) is 0.607. The molecule has 3 atom stereocenters. The molecule has 3 fully saturated rings. The molecule has 0 bridgehead atoms. The Labute approximate surface area is 211 Å². The van der Waals surface area contributed by atoms with Gasteiger partial charge in [0.15, 0.2) is 0 Å². The van der Waals surface area contributed by atoms with Crippen LogP contribution in [0.5, 0.6) is 0 Å². The first-order valence-corrected chi connectivity index (χ1v) is 13.3. The number of halogens is 1. The number of nitrogens with zero attached hydrogens (tertiary/aromatic N) is 3. The van der Waals surface area contributed by atoms with E-state index in [2.05, 4.69) is 27.2 Å². The van der Waals surface area contributed by atoms with Gasteiger partial charge in [0.25, 0.3) is 0 Å². The maximum absolute atomic E-state index is 14.8. The fourth-order valence-electron chi connectivity index (χ4n) is 5.99. The highest BCUT2D eigenvalue weighted by atomic mass is 19.1. The summed E-state index contributed by atoms with van der Waals surface area (Å²) in [5, 5.41) is 7.87. The molecule has 2 aliphatic heterocycles. The Hall–Kier alpha value is -2.76. The average molecular weight is 495 g/mol. The number of hydrogen-bond acceptors (Lipinski definition) is 5. The van der Waals surface area contributed by atoms with Crippen LogP contribution in [0.15, 0.2) is 18.2 Å². The first-order chi connectivity index (χ1) is 17.5. The molecule has 7 nitrogen and oxygen atoms in total. The van der Waals surface area contributed by atoms with Crippen molar-refractivity contribution in [1.29, 1.82) is 0 Å². The monoisotopic (exact) mass is 494 g/mol. The zero-order valence-corrected chi connectivity index (χ0v) is 21.0. The molecule has 3 aliphatic rings. The smallest absolute Gasteiger partial charge is 0.235 e. The number of ether oxygens (including phenoxy) is 1. The highest BCUT2D eigenvalue weighted by Gasteiger charge is 2.32. The number of carbonyl (C=O) groups is 2. The summed E-state index contributed by atoms with van der Waals surface area (Å²) in [6.07, 6.45) is 6.58. The normalized spacial score (nSPS) is 26.0. The first-order valence-electron chi connectivity index (χ1n) is 13.3. The van der Waals surface area contributed by atoms with Gasteiger partial charge in [0, 0.05) is 38.5 Å². The largest absolute Gasteiger partial charge is 0.362 e. The quantitative estimate of drug-likeness (QED) is 0.509. The van der Waals surface area contributed by atoms with Gasteiger partial charge in [0.05, 0.1) is 28.8 Å². The zero-order chi connectivity index (χ0) is 25.1. The number of hydrogen-bond donors (Lipinski definition) is 1. The number of aryl methyl sites for hydroxylation is 1. The van der Waals surface area contributed by atoms with E-state index < -0.39 is 18.2 Å². The number of fused-ring (bicyclic) bond motifs is 1. The molecule has 2 aromatic rings. The van der Waals surface area contributed by atoms with Gasteiger partial charge in [-0.2, -0.15) is 5.10 Å². The van der Waals surface area contributed by atoms with Crippen LogP contribution in [0.2, 0.25) is 0 Å². The first kappa shape index (κ1) is 24.9. The highest BCUT2D eigenvalue weighted by molar-refractivity contribution is 6.02. The van der Waals surface area contributed by atoms with Crippen molar-refractivity contribution in [1.82, 2.24) is 20.0 Å². The number of carbonyl (C=O) groups excluding carboxylic acids is 2. The third-order valence-electron chi connectivity index (χ3n) is 7.86. The van der Waals surface area contributed by atoms with Crippen molar-refractivity contribution >= 4 is 22.7 Å². The van der Waals surface area contributed by atoms with E-state index in [4.69, 9.17) is 4.74 Å². The summed E-state index contributed by atoms with van der Waals surface area (Å²) in [6.45, 7) is 2.52. The Morgan fingerprint density at radius 1 is 1.17 bits per heavy atom. The molecule has 8 heteroatoms. The van der Waals surface area contributed by atoms with Crippen LogP contribution in [0.1, 0.15) is 68.5 Å². The lowest BCUT2D eigenvalue weighted by atomic mass is 9.88. The predicted octanol–water partition coefficient (Wildman–Crippen LogP) is 3.45. The Kier molecular flexibility index (Phi) is 7.68. The molecule has 0 radical (unpaired) electrons. The Morgan fingerprint density at radius 2 is 2.00 bits per heavy atom. The van der Waals surface area contributed by atoms with E-state index in [9.17, 15) is 14.0 Å². The van der Waals surface area contributed by atoms with Gasteiger partial charge in [-0.15, -0.1) is 0 Å². The number of imide groups is 1. The van der Waals surface area contributed by atoms with Gasteiger partial charge >= 0.3 is 0 Å². The molecular formula is C28H35FN4O3. The Morgan fingerprint density at radius 3 is 2.78 bits per heavy atom. The number of para-hydroxylation sites is 1. The molecule has 1 aliphatic carbocycles. The summed E-state index contributed by atoms with van der Waals surface area (Å²) < 4.78 is 22.4. The van der Waals surface area contributed by atoms with Crippen LogP contribution >= 0.6 is 0 Å². The molecular weight excluding hydrogens is 459 g/mol. The van der Waals surface area contributed by atoms with E-state index in [1.807, 2.05) is 25.2 Å². The van der Waals surface area contributed by atoms with Crippen molar-refractivity contribution in [2.45, 2.75) is 69.6 Å². The molecule has 1 saturated carbocycles. The second-order valence-electron chi connectivity index (χ2n) is 10.4. The Balaban J connectivity index is 1.20. The number of nitrogens with one attached hydrogen (secondary N) is 1. The van der Waals surface area contributed by atoms with Gasteiger partial charge in [-0.05, 0) is 37.7 Å². The van der Waals surface area contributed by atoms with Gasteiger partial charge in [-0.25, -0.2) is 4.39 Å². The van der Waals surface area contributed by atoms with Gasteiger partial charge < -0.3 is 4.74 Å². The van der Waals surface area contributed by atoms with Crippen LogP contribution in [-0.4, -0.2) is 65.0 Å². The van der Waals surface area contributed by atoms with Crippen LogP contribution < -0.4 is 5.32 Å². The van der Waals surface area contributed by atoms with Crippen molar-refractivity contribution in [3.63, 3.8) is 0 Å². The van der Waals surface area contributed by atoms with Gasteiger partial charge in [-0.3, -0.25) is 24.5 Å². The minimum atomic E-state index is -0.985. The van der Waals surface area contributed by atoms with Gasteiger partial charge in [0.1, 0.15) is 12.8 Å². The molecule has 1 aromatic carbocycles. The summed E-state index contributed by atoms with van der Waals surface area (Å²) in [7, 11) is 1.83. The Bertz CT molecular complexity index is 1180. The third-order valence-corrected chi connectivity index (χ3v) is 7.86. The molecule has 0 spiro atoms. The van der Waals surface area contributed by atoms with E-state index in [1.54, 1.807) is 4.68 Å². The average Bonchev–Trinajstić information content (AvgIpc) is 3.20. The highest BCUT2D eigenvalue weighted by Crippen LogP contribution is 2.31. The summed E-state index contributed by atoms with van der Waals surface area (Å²) >= 11 is 0. The third kappa shape index (κ3) is 5.47. The SMILES string of the molecule is Cn1nc(C2CCC(=O)NC2=O)c2cccc(C#CCO[C@@H]3CCN(CC4CCCCC4)C[C@@H]3F)c21. The number of amides is 2. The van der Waals surface area contributed by atoms with E-state index in [1.165, 1.54) is 32.1 Å². The summed E-state index contributed by atoms with van der Waals surface area (Å²) in [5.41, 5.74) is 2.28. The lowest BCUT2D eigenvalue weighted by molar-refractivity contribution is -0.134. The predicted molar refractivity (Wildman–Crippen MR) is 135 cm³/mol. The van der Waals surface area contributed by atoms with Crippen LogP contribution in [0, 0.1) is 17.8 Å². The summed E-state index contributed by atoms with van der Waals surface area (Å²) in [6, 6.07) is 5.73. The number of likely N-dealkylation sites (tertiary alicyclic amines) is 1. The number of benzene rings is 1. The van der Waals surface area contributed by atoms with Crippen molar-refractivity contribution in [3.8, 4) is 11.8 Å². The molecule has 2 amide bonds. The zero-order valence-electron chi connectivity index (χ0n) is 21.0. The second kappa shape index (κ2) is 11.1. The number of piperidine rings is 2. The topological polar surface area (TPSA) is 76.5 Å². The van der Waals surface area contributed by atoms with Gasteiger partial charge in [-0.1, -0.05) is 43.2 Å². The minimum absolute atomic E-state index is 0.169. The molecule has 1 aromatic heterocycles. The van der Waals surface area contributed by atoms with Crippen molar-refractivity contribution < 1.29 is 18.7 Å². The summed E-state index contributed by atoms with van der Waals surface area (Å²) in [5.74, 6) is 5.93. The number of alkyl halides is 1. The van der Waals surface area contributed by atoms with E-state index in [-0.39, 0.29) is 18.4 Å². The number of aromatic nitrogens is 2. The van der Waals surface area contributed by atoms with E-state index in [0.29, 0.717) is 31.5 Å². The standard InChI is InChI=1S/C28H35FN4O3/c1-32-27-20(9-5-11-21(27)26(31-32)22-12-13-25(34)30-28(22)35)10-6-16-36-24-14-15-33(18-23(24)29)17-19-7-3-2-4-8-19/h5,9,11,19,22-24H,2-4,7-8,12-18H2,1H3,(H,30,34,35)/t22?,23-,24+/m0/s1. The van der Waals surface area contributed by atoms with Gasteiger partial charge in [0.2, 0.25) is 11.8 Å². The van der Waals surface area contributed by atoms with Crippen molar-refractivity contribution in [2.75, 3.05) is 26.2 Å².